The van der Waals surface area contributed by atoms with Gasteiger partial charge in [-0.2, -0.15) is 5.10 Å². The van der Waals surface area contributed by atoms with E-state index in [2.05, 4.69) is 36.3 Å². The molecule has 4 nitrogen and oxygen atoms in total. The molecule has 5 heteroatoms. The fourth-order valence-electron chi connectivity index (χ4n) is 2.94. The van der Waals surface area contributed by atoms with Gasteiger partial charge in [-0.25, -0.2) is 0 Å². The molecule has 0 amide bonds. The molecule has 21 heavy (non-hydrogen) atoms. The van der Waals surface area contributed by atoms with E-state index >= 15 is 0 Å². The Bertz CT molecular complexity index is 626. The van der Waals surface area contributed by atoms with Gasteiger partial charge in [-0.3, -0.25) is 4.68 Å². The molecule has 0 bridgehead atoms. The largest absolute Gasteiger partial charge is 0.493 e. The van der Waals surface area contributed by atoms with Crippen LogP contribution in [0.1, 0.15) is 36.6 Å². The number of thioether (sulfide) groups is 1. The number of nitrogens with two attached hydrogens (primary N) is 1. The first kappa shape index (κ1) is 14.5. The molecule has 1 aliphatic rings. The lowest BCUT2D eigenvalue weighted by atomic mass is 9.91. The van der Waals surface area contributed by atoms with Crippen LogP contribution in [-0.4, -0.2) is 22.6 Å². The fourth-order valence-corrected chi connectivity index (χ4v) is 4.24. The van der Waals surface area contributed by atoms with Gasteiger partial charge in [0, 0.05) is 23.1 Å². The van der Waals surface area contributed by atoms with Gasteiger partial charge in [0.1, 0.15) is 0 Å². The van der Waals surface area contributed by atoms with Crippen LogP contribution in [0.4, 0.5) is 0 Å². The molecule has 1 aromatic heterocycles. The average Bonchev–Trinajstić information content (AvgIpc) is 3.10. The summed E-state index contributed by atoms with van der Waals surface area (Å²) in [6, 6.07) is 8.44. The van der Waals surface area contributed by atoms with Crippen molar-refractivity contribution >= 4 is 11.8 Å². The molecule has 2 N–H and O–H groups in total. The van der Waals surface area contributed by atoms with E-state index in [0.29, 0.717) is 5.92 Å². The van der Waals surface area contributed by atoms with E-state index in [-0.39, 0.29) is 6.04 Å². The van der Waals surface area contributed by atoms with Crippen molar-refractivity contribution in [2.45, 2.75) is 36.7 Å². The summed E-state index contributed by atoms with van der Waals surface area (Å²) >= 11 is 1.88. The first-order valence-corrected chi connectivity index (χ1v) is 8.31. The third-order valence-corrected chi connectivity index (χ3v) is 5.19. The molecule has 0 spiro atoms. The molecule has 1 aromatic carbocycles. The number of ether oxygens (including phenoxy) is 1. The maximum absolute atomic E-state index is 6.61. The number of aromatic nitrogens is 2. The highest BCUT2D eigenvalue weighted by atomic mass is 32.2. The smallest absolute Gasteiger partial charge is 0.161 e. The van der Waals surface area contributed by atoms with Gasteiger partial charge in [0.15, 0.2) is 5.75 Å². The Morgan fingerprint density at radius 3 is 3.05 bits per heavy atom. The first-order chi connectivity index (χ1) is 10.3. The van der Waals surface area contributed by atoms with Crippen molar-refractivity contribution < 1.29 is 4.74 Å². The number of nitrogens with zero attached hydrogens (tertiary/aromatic N) is 2. The summed E-state index contributed by atoms with van der Waals surface area (Å²) in [4.78, 5) is 1.35. The molecule has 2 aromatic rings. The standard InChI is InChI=1S/C16H21N3OS/c1-3-8-19-16(13(20-2)9-18-19)15(17)12-10-21-14-7-5-4-6-11(12)14/h4-7,9,12,15H,3,8,10,17H2,1-2H3. The second-order valence-corrected chi connectivity index (χ2v) is 6.36. The summed E-state index contributed by atoms with van der Waals surface area (Å²) in [6.07, 6.45) is 2.80. The lowest BCUT2D eigenvalue weighted by Crippen LogP contribution is -2.24. The lowest BCUT2D eigenvalue weighted by molar-refractivity contribution is 0.395. The van der Waals surface area contributed by atoms with Gasteiger partial charge in [-0.05, 0) is 18.1 Å². The molecular weight excluding hydrogens is 282 g/mol. The van der Waals surface area contributed by atoms with Gasteiger partial charge in [-0.1, -0.05) is 25.1 Å². The zero-order valence-corrected chi connectivity index (χ0v) is 13.3. The SMILES string of the molecule is CCCn1ncc(OC)c1C(N)C1CSc2ccccc21. The van der Waals surface area contributed by atoms with Crippen LogP contribution in [0.15, 0.2) is 35.4 Å². The summed E-state index contributed by atoms with van der Waals surface area (Å²) < 4.78 is 7.47. The molecule has 112 valence electrons. The van der Waals surface area contributed by atoms with Crippen LogP contribution in [0.25, 0.3) is 0 Å². The maximum atomic E-state index is 6.61. The van der Waals surface area contributed by atoms with Crippen LogP contribution < -0.4 is 10.5 Å². The summed E-state index contributed by atoms with van der Waals surface area (Å²) in [5, 5.41) is 4.43. The van der Waals surface area contributed by atoms with E-state index in [1.807, 2.05) is 16.4 Å². The van der Waals surface area contributed by atoms with Crippen molar-refractivity contribution in [1.29, 1.82) is 0 Å². The zero-order chi connectivity index (χ0) is 14.8. The number of benzene rings is 1. The average molecular weight is 303 g/mol. The van der Waals surface area contributed by atoms with E-state index in [9.17, 15) is 0 Å². The molecule has 2 heterocycles. The molecule has 0 saturated carbocycles. The van der Waals surface area contributed by atoms with Crippen molar-refractivity contribution in [2.75, 3.05) is 12.9 Å². The van der Waals surface area contributed by atoms with Crippen molar-refractivity contribution in [2.24, 2.45) is 5.73 Å². The van der Waals surface area contributed by atoms with Gasteiger partial charge in [0.2, 0.25) is 0 Å². The number of fused-ring (bicyclic) bond motifs is 1. The van der Waals surface area contributed by atoms with Crippen LogP contribution in [0.3, 0.4) is 0 Å². The molecule has 2 unspecified atom stereocenters. The van der Waals surface area contributed by atoms with Gasteiger partial charge < -0.3 is 10.5 Å². The van der Waals surface area contributed by atoms with Crippen LogP contribution in [0.5, 0.6) is 5.75 Å². The predicted octanol–water partition coefficient (Wildman–Crippen LogP) is 3.19. The van der Waals surface area contributed by atoms with E-state index in [1.165, 1.54) is 10.5 Å². The number of hydrogen-bond acceptors (Lipinski definition) is 4. The Morgan fingerprint density at radius 1 is 1.48 bits per heavy atom. The quantitative estimate of drug-likeness (QED) is 0.921. The highest BCUT2D eigenvalue weighted by Gasteiger charge is 2.32. The zero-order valence-electron chi connectivity index (χ0n) is 12.5. The Labute approximate surface area is 129 Å². The highest BCUT2D eigenvalue weighted by Crippen LogP contribution is 2.45. The second-order valence-electron chi connectivity index (χ2n) is 5.30. The number of rotatable bonds is 5. The molecule has 0 fully saturated rings. The summed E-state index contributed by atoms with van der Waals surface area (Å²) in [7, 11) is 1.68. The summed E-state index contributed by atoms with van der Waals surface area (Å²) in [6.45, 7) is 3.01. The summed E-state index contributed by atoms with van der Waals surface area (Å²) in [5.41, 5.74) is 8.98. The van der Waals surface area contributed by atoms with E-state index in [4.69, 9.17) is 10.5 Å². The van der Waals surface area contributed by atoms with E-state index < -0.39 is 0 Å². The number of aryl methyl sites for hydroxylation is 1. The molecule has 2 atom stereocenters. The van der Waals surface area contributed by atoms with Crippen LogP contribution in [0.2, 0.25) is 0 Å². The molecule has 0 saturated heterocycles. The number of methoxy groups -OCH3 is 1. The predicted molar refractivity (Wildman–Crippen MR) is 85.9 cm³/mol. The first-order valence-electron chi connectivity index (χ1n) is 7.33. The Morgan fingerprint density at radius 2 is 2.29 bits per heavy atom. The monoisotopic (exact) mass is 303 g/mol. The van der Waals surface area contributed by atoms with Gasteiger partial charge in [0.05, 0.1) is 25.0 Å². The second kappa shape index (κ2) is 6.12. The van der Waals surface area contributed by atoms with Crippen molar-refractivity contribution in [3.8, 4) is 5.75 Å². The van der Waals surface area contributed by atoms with Crippen LogP contribution in [0, 0.1) is 0 Å². The van der Waals surface area contributed by atoms with Crippen molar-refractivity contribution in [1.82, 2.24) is 9.78 Å². The molecule has 3 rings (SSSR count). The highest BCUT2D eigenvalue weighted by molar-refractivity contribution is 7.99. The minimum atomic E-state index is -0.0925. The fraction of sp³-hybridized carbons (Fsp3) is 0.438. The summed E-state index contributed by atoms with van der Waals surface area (Å²) in [5.74, 6) is 2.12. The maximum Gasteiger partial charge on any atom is 0.161 e. The van der Waals surface area contributed by atoms with Gasteiger partial charge in [0.25, 0.3) is 0 Å². The van der Waals surface area contributed by atoms with Crippen molar-refractivity contribution in [3.63, 3.8) is 0 Å². The van der Waals surface area contributed by atoms with E-state index in [0.717, 1.165) is 30.2 Å². The van der Waals surface area contributed by atoms with Crippen LogP contribution >= 0.6 is 11.8 Å². The normalized spacial score (nSPS) is 18.5. The topological polar surface area (TPSA) is 53.1 Å². The number of hydrogen-bond donors (Lipinski definition) is 1. The van der Waals surface area contributed by atoms with E-state index in [1.54, 1.807) is 13.3 Å². The third kappa shape index (κ3) is 2.56. The molecule has 0 radical (unpaired) electrons. The third-order valence-electron chi connectivity index (χ3n) is 3.99. The minimum Gasteiger partial charge on any atom is -0.493 e. The Balaban J connectivity index is 1.96. The Hall–Kier alpha value is -1.46. The molecule has 0 aliphatic carbocycles. The van der Waals surface area contributed by atoms with Gasteiger partial charge in [-0.15, -0.1) is 11.8 Å². The van der Waals surface area contributed by atoms with Crippen LogP contribution in [-0.2, 0) is 6.54 Å². The minimum absolute atomic E-state index is 0.0925. The molecule has 1 aliphatic heterocycles. The molecular formula is C16H21N3OS. The lowest BCUT2D eigenvalue weighted by Gasteiger charge is -2.22. The Kier molecular flexibility index (Phi) is 4.22. The van der Waals surface area contributed by atoms with Gasteiger partial charge >= 0.3 is 0 Å². The van der Waals surface area contributed by atoms with Crippen molar-refractivity contribution in [3.05, 3.63) is 41.7 Å².